The molecule has 1 aromatic heterocycles. The van der Waals surface area contributed by atoms with Crippen LogP contribution in [-0.2, 0) is 6.42 Å². The van der Waals surface area contributed by atoms with E-state index in [2.05, 4.69) is 12.3 Å². The van der Waals surface area contributed by atoms with Crippen LogP contribution in [-0.4, -0.2) is 6.04 Å². The first-order valence-corrected chi connectivity index (χ1v) is 6.30. The number of hydrazine groups is 1. The van der Waals surface area contributed by atoms with Crippen LogP contribution in [0.4, 0.5) is 0 Å². The second-order valence-corrected chi connectivity index (χ2v) is 4.96. The van der Waals surface area contributed by atoms with E-state index in [1.54, 1.807) is 6.26 Å². The van der Waals surface area contributed by atoms with Gasteiger partial charge in [0.25, 0.3) is 0 Å². The zero-order valence-electron chi connectivity index (χ0n) is 9.99. The van der Waals surface area contributed by atoms with E-state index in [9.17, 15) is 0 Å². The third-order valence-corrected chi connectivity index (χ3v) is 3.98. The highest BCUT2D eigenvalue weighted by Crippen LogP contribution is 2.35. The second-order valence-electron chi connectivity index (χ2n) is 4.96. The van der Waals surface area contributed by atoms with Gasteiger partial charge in [-0.1, -0.05) is 19.8 Å². The molecule has 1 aliphatic rings. The van der Waals surface area contributed by atoms with Crippen molar-refractivity contribution in [2.75, 3.05) is 0 Å². The van der Waals surface area contributed by atoms with Crippen LogP contribution >= 0.6 is 0 Å². The molecule has 0 saturated heterocycles. The van der Waals surface area contributed by atoms with E-state index in [1.165, 1.54) is 31.2 Å². The number of nitrogens with two attached hydrogens (primary N) is 1. The lowest BCUT2D eigenvalue weighted by molar-refractivity contribution is 0.347. The summed E-state index contributed by atoms with van der Waals surface area (Å²) in [6.07, 6.45) is 9.83. The molecule has 3 unspecified atom stereocenters. The third kappa shape index (κ3) is 2.66. The minimum Gasteiger partial charge on any atom is -0.472 e. The van der Waals surface area contributed by atoms with E-state index in [0.717, 1.165) is 18.3 Å². The monoisotopic (exact) mass is 222 g/mol. The van der Waals surface area contributed by atoms with Crippen molar-refractivity contribution in [3.8, 4) is 0 Å². The quantitative estimate of drug-likeness (QED) is 0.594. The minimum absolute atomic E-state index is 0.397. The van der Waals surface area contributed by atoms with Crippen LogP contribution in [0.2, 0.25) is 0 Å². The topological polar surface area (TPSA) is 51.2 Å². The highest BCUT2D eigenvalue weighted by atomic mass is 16.3. The van der Waals surface area contributed by atoms with Crippen molar-refractivity contribution < 1.29 is 4.42 Å². The average Bonchev–Trinajstić information content (AvgIpc) is 2.96. The number of rotatable bonds is 5. The molecule has 1 fully saturated rings. The van der Waals surface area contributed by atoms with Gasteiger partial charge in [0.2, 0.25) is 0 Å². The predicted octanol–water partition coefficient (Wildman–Crippen LogP) is 2.48. The summed E-state index contributed by atoms with van der Waals surface area (Å²) in [5.74, 6) is 7.31. The van der Waals surface area contributed by atoms with Crippen molar-refractivity contribution in [2.24, 2.45) is 17.7 Å². The molecule has 1 aliphatic carbocycles. The number of nitrogens with one attached hydrogen (secondary N) is 1. The molecule has 3 N–H and O–H groups in total. The molecule has 3 atom stereocenters. The van der Waals surface area contributed by atoms with Gasteiger partial charge in [-0.15, -0.1) is 0 Å². The lowest BCUT2D eigenvalue weighted by atomic mass is 9.92. The maximum atomic E-state index is 5.68. The Hall–Kier alpha value is -0.800. The van der Waals surface area contributed by atoms with Gasteiger partial charge in [-0.05, 0) is 42.7 Å². The Morgan fingerprint density at radius 1 is 1.56 bits per heavy atom. The molecule has 0 radical (unpaired) electrons. The van der Waals surface area contributed by atoms with Crippen LogP contribution in [0.3, 0.4) is 0 Å². The fraction of sp³-hybridized carbons (Fsp3) is 0.692. The number of hydrogen-bond acceptors (Lipinski definition) is 3. The molecule has 3 nitrogen and oxygen atoms in total. The Kier molecular flexibility index (Phi) is 4.02. The summed E-state index contributed by atoms with van der Waals surface area (Å²) in [6, 6.07) is 2.42. The van der Waals surface area contributed by atoms with E-state index in [4.69, 9.17) is 10.3 Å². The molecule has 1 aromatic rings. The highest BCUT2D eigenvalue weighted by molar-refractivity contribution is 5.08. The van der Waals surface area contributed by atoms with Crippen LogP contribution in [0, 0.1) is 11.8 Å². The molecule has 0 spiro atoms. The molecule has 1 heterocycles. The van der Waals surface area contributed by atoms with Crippen LogP contribution in [0.5, 0.6) is 0 Å². The molecule has 2 rings (SSSR count). The maximum absolute atomic E-state index is 5.68. The van der Waals surface area contributed by atoms with Crippen molar-refractivity contribution in [3.63, 3.8) is 0 Å². The van der Waals surface area contributed by atoms with Gasteiger partial charge in [-0.2, -0.15) is 0 Å². The van der Waals surface area contributed by atoms with Crippen molar-refractivity contribution in [1.29, 1.82) is 0 Å². The Morgan fingerprint density at radius 2 is 2.44 bits per heavy atom. The molecule has 16 heavy (non-hydrogen) atoms. The summed E-state index contributed by atoms with van der Waals surface area (Å²) in [5.41, 5.74) is 4.22. The zero-order valence-corrected chi connectivity index (χ0v) is 9.99. The molecule has 0 aliphatic heterocycles. The van der Waals surface area contributed by atoms with Crippen molar-refractivity contribution in [1.82, 2.24) is 5.43 Å². The summed E-state index contributed by atoms with van der Waals surface area (Å²) < 4.78 is 5.10. The van der Waals surface area contributed by atoms with Gasteiger partial charge >= 0.3 is 0 Å². The van der Waals surface area contributed by atoms with Gasteiger partial charge in [0.1, 0.15) is 0 Å². The van der Waals surface area contributed by atoms with E-state index < -0.39 is 0 Å². The molecule has 1 saturated carbocycles. The fourth-order valence-corrected chi connectivity index (χ4v) is 2.87. The van der Waals surface area contributed by atoms with E-state index in [-0.39, 0.29) is 0 Å². The van der Waals surface area contributed by atoms with E-state index in [0.29, 0.717) is 6.04 Å². The Bertz CT molecular complexity index is 297. The Balaban J connectivity index is 1.90. The first-order chi connectivity index (χ1) is 7.83. The summed E-state index contributed by atoms with van der Waals surface area (Å²) in [6.45, 7) is 2.29. The normalized spacial score (nSPS) is 27.1. The van der Waals surface area contributed by atoms with Crippen LogP contribution in [0.15, 0.2) is 23.0 Å². The largest absolute Gasteiger partial charge is 0.472 e. The Labute approximate surface area is 97.4 Å². The maximum Gasteiger partial charge on any atom is 0.0935 e. The zero-order chi connectivity index (χ0) is 11.4. The minimum atomic E-state index is 0.397. The molecule has 90 valence electrons. The van der Waals surface area contributed by atoms with Crippen molar-refractivity contribution >= 4 is 0 Å². The average molecular weight is 222 g/mol. The summed E-state index contributed by atoms with van der Waals surface area (Å²) in [4.78, 5) is 0. The smallest absolute Gasteiger partial charge is 0.0935 e. The van der Waals surface area contributed by atoms with Gasteiger partial charge in [0.05, 0.1) is 12.5 Å². The first-order valence-electron chi connectivity index (χ1n) is 6.30. The molecule has 3 heteroatoms. The van der Waals surface area contributed by atoms with Gasteiger partial charge in [0.15, 0.2) is 0 Å². The fourth-order valence-electron chi connectivity index (χ4n) is 2.87. The van der Waals surface area contributed by atoms with Crippen molar-refractivity contribution in [3.05, 3.63) is 24.2 Å². The van der Waals surface area contributed by atoms with Gasteiger partial charge in [-0.3, -0.25) is 11.3 Å². The van der Waals surface area contributed by atoms with E-state index >= 15 is 0 Å². The SMILES string of the molecule is CCC1CCC(C(Cc2ccoc2)NN)C1. The molecule has 0 bridgehead atoms. The predicted molar refractivity (Wildman–Crippen MR) is 64.6 cm³/mol. The van der Waals surface area contributed by atoms with Gasteiger partial charge in [-0.25, -0.2) is 0 Å². The molecular formula is C13H22N2O. The summed E-state index contributed by atoms with van der Waals surface area (Å²) >= 11 is 0. The number of furan rings is 1. The standard InChI is InChI=1S/C13H22N2O/c1-2-10-3-4-12(7-10)13(15-14)8-11-5-6-16-9-11/h5-6,9-10,12-13,15H,2-4,7-8,14H2,1H3. The first kappa shape index (κ1) is 11.7. The van der Waals surface area contributed by atoms with Crippen LogP contribution in [0.1, 0.15) is 38.2 Å². The Morgan fingerprint density at radius 3 is 3.00 bits per heavy atom. The second kappa shape index (κ2) is 5.51. The number of hydrogen-bond donors (Lipinski definition) is 2. The third-order valence-electron chi connectivity index (χ3n) is 3.98. The van der Waals surface area contributed by atoms with Crippen LogP contribution in [0.25, 0.3) is 0 Å². The summed E-state index contributed by atoms with van der Waals surface area (Å²) in [7, 11) is 0. The summed E-state index contributed by atoms with van der Waals surface area (Å²) in [5, 5.41) is 0. The van der Waals surface area contributed by atoms with Crippen molar-refractivity contribution in [2.45, 2.75) is 45.1 Å². The highest BCUT2D eigenvalue weighted by Gasteiger charge is 2.29. The lowest BCUT2D eigenvalue weighted by Gasteiger charge is -2.22. The van der Waals surface area contributed by atoms with Gasteiger partial charge in [0, 0.05) is 6.04 Å². The lowest BCUT2D eigenvalue weighted by Crippen LogP contribution is -2.41. The van der Waals surface area contributed by atoms with Crippen LogP contribution < -0.4 is 11.3 Å². The van der Waals surface area contributed by atoms with E-state index in [1.807, 2.05) is 12.3 Å². The van der Waals surface area contributed by atoms with Gasteiger partial charge < -0.3 is 4.42 Å². The molecule has 0 amide bonds. The molecule has 0 aromatic carbocycles. The molecular weight excluding hydrogens is 200 g/mol.